The summed E-state index contributed by atoms with van der Waals surface area (Å²) in [5.41, 5.74) is 2.60. The Morgan fingerprint density at radius 3 is 2.71 bits per heavy atom. The first kappa shape index (κ1) is 14.4. The topological polar surface area (TPSA) is 37.4 Å². The van der Waals surface area contributed by atoms with Gasteiger partial charge in [-0.3, -0.25) is 4.31 Å². The summed E-state index contributed by atoms with van der Waals surface area (Å²) in [7, 11) is -3.79. The van der Waals surface area contributed by atoms with E-state index in [-0.39, 0.29) is 9.92 Å². The molecule has 2 aromatic carbocycles. The first-order valence-corrected chi connectivity index (χ1v) is 8.29. The molecule has 0 aromatic heterocycles. The Morgan fingerprint density at radius 1 is 1.24 bits per heavy atom. The van der Waals surface area contributed by atoms with Crippen LogP contribution in [0.5, 0.6) is 0 Å². The number of halogens is 2. The molecule has 3 nitrogen and oxygen atoms in total. The minimum Gasteiger partial charge on any atom is -0.265 e. The van der Waals surface area contributed by atoms with E-state index >= 15 is 0 Å². The SMILES string of the molecule is Cc1cccc2c1N(S(=O)(=O)c1ccc(F)cc1Cl)CC2. The van der Waals surface area contributed by atoms with Gasteiger partial charge >= 0.3 is 0 Å². The van der Waals surface area contributed by atoms with Crippen molar-refractivity contribution in [2.75, 3.05) is 10.8 Å². The maximum absolute atomic E-state index is 13.1. The van der Waals surface area contributed by atoms with Gasteiger partial charge in [-0.05, 0) is 42.7 Å². The summed E-state index contributed by atoms with van der Waals surface area (Å²) < 4.78 is 40.1. The van der Waals surface area contributed by atoms with Crippen molar-refractivity contribution in [3.63, 3.8) is 0 Å². The van der Waals surface area contributed by atoms with E-state index in [0.29, 0.717) is 18.7 Å². The zero-order chi connectivity index (χ0) is 15.2. The van der Waals surface area contributed by atoms with Crippen LogP contribution in [0.1, 0.15) is 11.1 Å². The minimum atomic E-state index is -3.79. The second-order valence-electron chi connectivity index (χ2n) is 4.98. The van der Waals surface area contributed by atoms with E-state index in [2.05, 4.69) is 0 Å². The number of nitrogens with zero attached hydrogens (tertiary/aromatic N) is 1. The first-order chi connectivity index (χ1) is 9.91. The van der Waals surface area contributed by atoms with Crippen molar-refractivity contribution in [2.24, 2.45) is 0 Å². The van der Waals surface area contributed by atoms with E-state index in [9.17, 15) is 12.8 Å². The van der Waals surface area contributed by atoms with Crippen molar-refractivity contribution >= 4 is 27.3 Å². The molecule has 6 heteroatoms. The lowest BCUT2D eigenvalue weighted by atomic mass is 10.1. The Bertz CT molecular complexity index is 820. The molecule has 0 N–H and O–H groups in total. The van der Waals surface area contributed by atoms with Crippen LogP contribution < -0.4 is 4.31 Å². The molecule has 0 amide bonds. The van der Waals surface area contributed by atoms with E-state index in [4.69, 9.17) is 11.6 Å². The normalized spacial score (nSPS) is 14.3. The number of fused-ring (bicyclic) bond motifs is 1. The maximum Gasteiger partial charge on any atom is 0.265 e. The first-order valence-electron chi connectivity index (χ1n) is 6.47. The third kappa shape index (κ3) is 2.30. The molecule has 0 bridgehead atoms. The molecule has 1 heterocycles. The Morgan fingerprint density at radius 2 is 2.00 bits per heavy atom. The molecule has 0 aliphatic carbocycles. The van der Waals surface area contributed by atoms with Gasteiger partial charge in [0.05, 0.1) is 10.7 Å². The van der Waals surface area contributed by atoms with Crippen LogP contribution in [0.25, 0.3) is 0 Å². The standard InChI is InChI=1S/C15H13ClFNO2S/c1-10-3-2-4-11-7-8-18(15(10)11)21(19,20)14-6-5-12(17)9-13(14)16/h2-6,9H,7-8H2,1H3. The Balaban J connectivity index is 2.14. The third-order valence-corrected chi connectivity index (χ3v) is 5.90. The highest BCUT2D eigenvalue weighted by Gasteiger charge is 2.33. The summed E-state index contributed by atoms with van der Waals surface area (Å²) in [6.07, 6.45) is 0.662. The van der Waals surface area contributed by atoms with Crippen LogP contribution in [-0.4, -0.2) is 15.0 Å². The Labute approximate surface area is 128 Å². The highest BCUT2D eigenvalue weighted by Crippen LogP contribution is 2.37. The van der Waals surface area contributed by atoms with Gasteiger partial charge in [0.1, 0.15) is 10.7 Å². The zero-order valence-electron chi connectivity index (χ0n) is 11.3. The fraction of sp³-hybridized carbons (Fsp3) is 0.200. The van der Waals surface area contributed by atoms with Gasteiger partial charge in [0, 0.05) is 6.54 Å². The molecule has 3 rings (SSSR count). The second-order valence-corrected chi connectivity index (χ2v) is 7.22. The fourth-order valence-corrected chi connectivity index (χ4v) is 4.73. The van der Waals surface area contributed by atoms with Crippen molar-refractivity contribution in [1.29, 1.82) is 0 Å². The summed E-state index contributed by atoms with van der Waals surface area (Å²) in [6.45, 7) is 2.25. The van der Waals surface area contributed by atoms with E-state index in [1.165, 1.54) is 10.4 Å². The van der Waals surface area contributed by atoms with Gasteiger partial charge in [-0.15, -0.1) is 0 Å². The summed E-state index contributed by atoms with van der Waals surface area (Å²) in [5, 5.41) is -0.1000. The number of sulfonamides is 1. The molecule has 0 saturated heterocycles. The number of rotatable bonds is 2. The predicted octanol–water partition coefficient (Wildman–Crippen LogP) is 3.54. The van der Waals surface area contributed by atoms with Gasteiger partial charge in [-0.2, -0.15) is 0 Å². The molecule has 0 spiro atoms. The molecule has 0 atom stereocenters. The minimum absolute atomic E-state index is 0.0679. The molecular weight excluding hydrogens is 313 g/mol. The number of benzene rings is 2. The van der Waals surface area contributed by atoms with Gasteiger partial charge in [0.2, 0.25) is 0 Å². The van der Waals surface area contributed by atoms with Gasteiger partial charge in [-0.1, -0.05) is 29.8 Å². The third-order valence-electron chi connectivity index (χ3n) is 3.62. The molecule has 21 heavy (non-hydrogen) atoms. The molecule has 0 unspecified atom stereocenters. The van der Waals surface area contributed by atoms with Crippen LogP contribution in [0.15, 0.2) is 41.3 Å². The summed E-state index contributed by atoms with van der Waals surface area (Å²) >= 11 is 5.91. The van der Waals surface area contributed by atoms with Crippen LogP contribution in [0, 0.1) is 12.7 Å². The monoisotopic (exact) mass is 325 g/mol. The van der Waals surface area contributed by atoms with Crippen molar-refractivity contribution in [1.82, 2.24) is 0 Å². The predicted molar refractivity (Wildman–Crippen MR) is 80.8 cm³/mol. The van der Waals surface area contributed by atoms with Crippen LogP contribution in [-0.2, 0) is 16.4 Å². The van der Waals surface area contributed by atoms with Gasteiger partial charge in [0.25, 0.3) is 10.0 Å². The van der Waals surface area contributed by atoms with Crippen LogP contribution in [0.3, 0.4) is 0 Å². The van der Waals surface area contributed by atoms with Crippen LogP contribution in [0.2, 0.25) is 5.02 Å². The molecule has 110 valence electrons. The second kappa shape index (κ2) is 5.00. The lowest BCUT2D eigenvalue weighted by molar-refractivity contribution is 0.591. The highest BCUT2D eigenvalue weighted by molar-refractivity contribution is 7.93. The van der Waals surface area contributed by atoms with E-state index in [1.807, 2.05) is 25.1 Å². The molecule has 1 aliphatic rings. The van der Waals surface area contributed by atoms with Crippen LogP contribution in [0.4, 0.5) is 10.1 Å². The molecular formula is C15H13ClFNO2S. The van der Waals surface area contributed by atoms with Crippen molar-refractivity contribution in [3.05, 3.63) is 58.4 Å². The molecule has 0 radical (unpaired) electrons. The average Bonchev–Trinajstić information content (AvgIpc) is 2.84. The lowest BCUT2D eigenvalue weighted by Crippen LogP contribution is -2.29. The Hall–Kier alpha value is -1.59. The van der Waals surface area contributed by atoms with Gasteiger partial charge in [0.15, 0.2) is 0 Å². The van der Waals surface area contributed by atoms with Crippen molar-refractivity contribution in [3.8, 4) is 0 Å². The van der Waals surface area contributed by atoms with Gasteiger partial charge in [-0.25, -0.2) is 12.8 Å². The number of anilines is 1. The van der Waals surface area contributed by atoms with Crippen molar-refractivity contribution in [2.45, 2.75) is 18.2 Å². The summed E-state index contributed by atoms with van der Waals surface area (Å²) in [4.78, 5) is -0.0679. The number of para-hydroxylation sites is 1. The lowest BCUT2D eigenvalue weighted by Gasteiger charge is -2.21. The van der Waals surface area contributed by atoms with E-state index in [1.54, 1.807) is 0 Å². The number of aryl methyl sites for hydroxylation is 1. The van der Waals surface area contributed by atoms with Crippen molar-refractivity contribution < 1.29 is 12.8 Å². The Kier molecular flexibility index (Phi) is 3.42. The summed E-state index contributed by atoms with van der Waals surface area (Å²) in [6, 6.07) is 9.04. The molecule has 0 saturated carbocycles. The largest absolute Gasteiger partial charge is 0.265 e. The molecule has 2 aromatic rings. The highest BCUT2D eigenvalue weighted by atomic mass is 35.5. The smallest absolute Gasteiger partial charge is 0.265 e. The van der Waals surface area contributed by atoms with E-state index < -0.39 is 15.8 Å². The number of hydrogen-bond donors (Lipinski definition) is 0. The molecule has 1 aliphatic heterocycles. The fourth-order valence-electron chi connectivity index (χ4n) is 2.66. The van der Waals surface area contributed by atoms with Gasteiger partial charge < -0.3 is 0 Å². The van der Waals surface area contributed by atoms with Crippen LogP contribution >= 0.6 is 11.6 Å². The molecule has 0 fully saturated rings. The summed E-state index contributed by atoms with van der Waals surface area (Å²) in [5.74, 6) is -0.558. The number of hydrogen-bond acceptors (Lipinski definition) is 2. The zero-order valence-corrected chi connectivity index (χ0v) is 12.9. The quantitative estimate of drug-likeness (QED) is 0.847. The van der Waals surface area contributed by atoms with E-state index in [0.717, 1.165) is 23.3 Å². The maximum atomic E-state index is 13.1. The average molecular weight is 326 g/mol.